The minimum Gasteiger partial charge on any atom is -0.365 e. The molecule has 0 radical (unpaired) electrons. The maximum atomic E-state index is 11.1. The van der Waals surface area contributed by atoms with Crippen LogP contribution >= 0.6 is 11.3 Å². The average molecular weight is 187 g/mol. The lowest BCUT2D eigenvalue weighted by molar-refractivity contribution is 0.0533. The molecule has 1 heterocycles. The number of amides is 1. The molecule has 0 saturated carbocycles. The van der Waals surface area contributed by atoms with Crippen LogP contribution in [0.1, 0.15) is 10.5 Å². The van der Waals surface area contributed by atoms with Crippen molar-refractivity contribution in [1.29, 1.82) is 0 Å². The summed E-state index contributed by atoms with van der Waals surface area (Å²) >= 11 is 1.37. The molecule has 0 aliphatic carbocycles. The van der Waals surface area contributed by atoms with Crippen molar-refractivity contribution in [2.24, 2.45) is 0 Å². The molecule has 1 amide bonds. The first-order valence-electron chi connectivity index (χ1n) is 3.24. The summed E-state index contributed by atoms with van der Waals surface area (Å²) in [6, 6.07) is 0. The van der Waals surface area contributed by atoms with Crippen LogP contribution in [0.3, 0.4) is 0 Å². The second-order valence-electron chi connectivity index (χ2n) is 1.92. The van der Waals surface area contributed by atoms with Crippen LogP contribution in [0, 0.1) is 0 Å². The van der Waals surface area contributed by atoms with E-state index >= 15 is 0 Å². The highest BCUT2D eigenvalue weighted by atomic mass is 32.1. The molecule has 0 unspecified atom stereocenters. The van der Waals surface area contributed by atoms with Crippen LogP contribution in [0.5, 0.6) is 0 Å². The fourth-order valence-corrected chi connectivity index (χ4v) is 1.29. The van der Waals surface area contributed by atoms with Gasteiger partial charge in [0.1, 0.15) is 5.69 Å². The number of nitrogens with zero attached hydrogens (tertiary/aromatic N) is 1. The Balaban J connectivity index is 2.68. The topological polar surface area (TPSA) is 63.2 Å². The number of carbonyl (C=O) groups is 1. The van der Waals surface area contributed by atoms with Crippen LogP contribution in [-0.2, 0) is 4.84 Å². The molecule has 1 aromatic heterocycles. The maximum Gasteiger partial charge on any atom is 0.294 e. The molecule has 0 saturated heterocycles. The summed E-state index contributed by atoms with van der Waals surface area (Å²) in [5, 5.41) is 5.19. The van der Waals surface area contributed by atoms with Gasteiger partial charge in [0.05, 0.1) is 7.11 Å². The quantitative estimate of drug-likeness (QED) is 0.675. The Hall–Kier alpha value is -1.14. The summed E-state index contributed by atoms with van der Waals surface area (Å²) in [5.41, 5.74) is 2.53. The number of hydrogen-bond acceptors (Lipinski definition) is 5. The van der Waals surface area contributed by atoms with E-state index in [1.165, 1.54) is 18.4 Å². The summed E-state index contributed by atoms with van der Waals surface area (Å²) in [7, 11) is 3.13. The number of nitrogens with one attached hydrogen (secondary N) is 2. The molecule has 5 nitrogen and oxygen atoms in total. The van der Waals surface area contributed by atoms with Crippen molar-refractivity contribution < 1.29 is 9.63 Å². The van der Waals surface area contributed by atoms with E-state index in [2.05, 4.69) is 20.6 Å². The molecule has 66 valence electrons. The Labute approximate surface area is 73.7 Å². The van der Waals surface area contributed by atoms with Crippen molar-refractivity contribution >= 4 is 22.4 Å². The van der Waals surface area contributed by atoms with Crippen LogP contribution in [0.25, 0.3) is 0 Å². The number of thiazole rings is 1. The highest BCUT2D eigenvalue weighted by Gasteiger charge is 2.08. The first-order chi connectivity index (χ1) is 5.77. The summed E-state index contributed by atoms with van der Waals surface area (Å²) in [4.78, 5) is 19.5. The molecule has 0 atom stereocenters. The normalized spacial score (nSPS) is 9.50. The Morgan fingerprint density at radius 1 is 1.75 bits per heavy atom. The van der Waals surface area contributed by atoms with Crippen molar-refractivity contribution in [3.05, 3.63) is 11.1 Å². The van der Waals surface area contributed by atoms with Gasteiger partial charge in [0.15, 0.2) is 5.13 Å². The smallest absolute Gasteiger partial charge is 0.294 e. The first kappa shape index (κ1) is 8.95. The van der Waals surface area contributed by atoms with Crippen molar-refractivity contribution in [3.63, 3.8) is 0 Å². The highest BCUT2D eigenvalue weighted by Crippen LogP contribution is 2.13. The second kappa shape index (κ2) is 4.03. The van der Waals surface area contributed by atoms with Gasteiger partial charge in [-0.1, -0.05) is 0 Å². The van der Waals surface area contributed by atoms with Gasteiger partial charge in [-0.2, -0.15) is 0 Å². The number of hydroxylamine groups is 1. The van der Waals surface area contributed by atoms with E-state index in [0.29, 0.717) is 10.8 Å². The van der Waals surface area contributed by atoms with Crippen molar-refractivity contribution in [3.8, 4) is 0 Å². The Bertz CT molecular complexity index is 274. The van der Waals surface area contributed by atoms with Crippen LogP contribution < -0.4 is 10.8 Å². The summed E-state index contributed by atoms with van der Waals surface area (Å²) in [6.07, 6.45) is 0. The van der Waals surface area contributed by atoms with Gasteiger partial charge in [0.25, 0.3) is 5.91 Å². The predicted octanol–water partition coefficient (Wildman–Crippen LogP) is 0.476. The number of rotatable bonds is 3. The molecule has 0 fully saturated rings. The Morgan fingerprint density at radius 3 is 3.00 bits per heavy atom. The van der Waals surface area contributed by atoms with Crippen LogP contribution in [0.4, 0.5) is 5.13 Å². The van der Waals surface area contributed by atoms with Crippen molar-refractivity contribution in [2.45, 2.75) is 0 Å². The summed E-state index contributed by atoms with van der Waals surface area (Å²) in [5.74, 6) is -0.338. The first-order valence-corrected chi connectivity index (χ1v) is 4.12. The van der Waals surface area contributed by atoms with E-state index in [0.717, 1.165) is 0 Å². The third-order valence-electron chi connectivity index (χ3n) is 1.15. The number of hydrogen-bond donors (Lipinski definition) is 2. The molecule has 1 aromatic rings. The van der Waals surface area contributed by atoms with Gasteiger partial charge in [-0.25, -0.2) is 10.5 Å². The summed E-state index contributed by atoms with van der Waals surface area (Å²) < 4.78 is 0. The molecular weight excluding hydrogens is 178 g/mol. The minimum atomic E-state index is -0.338. The third-order valence-corrected chi connectivity index (χ3v) is 2.01. The molecule has 0 aliphatic heterocycles. The minimum absolute atomic E-state index is 0.338. The van der Waals surface area contributed by atoms with Crippen molar-refractivity contribution in [1.82, 2.24) is 10.5 Å². The zero-order valence-corrected chi connectivity index (χ0v) is 7.57. The van der Waals surface area contributed by atoms with Crippen LogP contribution in [-0.4, -0.2) is 25.0 Å². The predicted molar refractivity (Wildman–Crippen MR) is 46.1 cm³/mol. The maximum absolute atomic E-state index is 11.1. The SMILES string of the molecule is CNc1nc(C(=O)NOC)cs1. The van der Waals surface area contributed by atoms with E-state index < -0.39 is 0 Å². The monoisotopic (exact) mass is 187 g/mol. The lowest BCUT2D eigenvalue weighted by Gasteiger charge is -1.96. The Morgan fingerprint density at radius 2 is 2.50 bits per heavy atom. The van der Waals surface area contributed by atoms with Gasteiger partial charge in [-0.3, -0.25) is 9.63 Å². The van der Waals surface area contributed by atoms with Crippen LogP contribution in [0.2, 0.25) is 0 Å². The van der Waals surface area contributed by atoms with E-state index in [-0.39, 0.29) is 5.91 Å². The van der Waals surface area contributed by atoms with Gasteiger partial charge in [-0.15, -0.1) is 11.3 Å². The van der Waals surface area contributed by atoms with Gasteiger partial charge < -0.3 is 5.32 Å². The Kier molecular flexibility index (Phi) is 3.01. The molecule has 2 N–H and O–H groups in total. The highest BCUT2D eigenvalue weighted by molar-refractivity contribution is 7.13. The van der Waals surface area contributed by atoms with E-state index in [1.807, 2.05) is 0 Å². The zero-order valence-electron chi connectivity index (χ0n) is 6.75. The molecule has 0 bridgehead atoms. The van der Waals surface area contributed by atoms with Crippen molar-refractivity contribution in [2.75, 3.05) is 19.5 Å². The largest absolute Gasteiger partial charge is 0.365 e. The fourth-order valence-electron chi connectivity index (χ4n) is 0.638. The number of aromatic nitrogens is 1. The van der Waals surface area contributed by atoms with E-state index in [9.17, 15) is 4.79 Å². The molecule has 6 heteroatoms. The zero-order chi connectivity index (χ0) is 8.97. The molecule has 0 aliphatic rings. The average Bonchev–Trinajstić information content (AvgIpc) is 2.52. The summed E-state index contributed by atoms with van der Waals surface area (Å²) in [6.45, 7) is 0. The van der Waals surface area contributed by atoms with Gasteiger partial charge in [-0.05, 0) is 0 Å². The molecule has 0 spiro atoms. The second-order valence-corrected chi connectivity index (χ2v) is 2.78. The standard InChI is InChI=1S/C6H9N3O2S/c1-7-6-8-4(3-12-6)5(10)9-11-2/h3H,1-2H3,(H,7,8)(H,9,10). The third kappa shape index (κ3) is 1.93. The van der Waals surface area contributed by atoms with E-state index in [4.69, 9.17) is 0 Å². The number of anilines is 1. The van der Waals surface area contributed by atoms with E-state index in [1.54, 1.807) is 12.4 Å². The van der Waals surface area contributed by atoms with Gasteiger partial charge in [0, 0.05) is 12.4 Å². The molecule has 0 aromatic carbocycles. The lowest BCUT2D eigenvalue weighted by atomic mass is 10.5. The fraction of sp³-hybridized carbons (Fsp3) is 0.333. The molecule has 12 heavy (non-hydrogen) atoms. The van der Waals surface area contributed by atoms with Gasteiger partial charge in [0.2, 0.25) is 0 Å². The molecule has 1 rings (SSSR count). The van der Waals surface area contributed by atoms with Crippen LogP contribution in [0.15, 0.2) is 5.38 Å². The number of carbonyl (C=O) groups excluding carboxylic acids is 1. The lowest BCUT2D eigenvalue weighted by Crippen LogP contribution is -2.22. The molecular formula is C6H9N3O2S. The van der Waals surface area contributed by atoms with Gasteiger partial charge >= 0.3 is 0 Å².